The zero-order valence-electron chi connectivity index (χ0n) is 21.8. The van der Waals surface area contributed by atoms with Crippen LogP contribution in [0.1, 0.15) is 86.0 Å². The zero-order chi connectivity index (χ0) is 26.8. The van der Waals surface area contributed by atoms with Crippen molar-refractivity contribution < 1.29 is 24.7 Å². The molecule has 2 atom stereocenters. The largest absolute Gasteiger partial charge is 0.475 e. The number of ketones is 1. The summed E-state index contributed by atoms with van der Waals surface area (Å²) in [5, 5.41) is 31.7. The maximum Gasteiger partial charge on any atom is 0.475 e. The SMILES string of the molecule is CC(C)C[C@H](NC(=O)[C@H](CCCN=C(N)N[N+](=O)[O-])CC(=O)C1CCC(C(C)(C)C)CC1)B(O)O. The van der Waals surface area contributed by atoms with E-state index >= 15 is 0 Å². The molecule has 1 aliphatic rings. The Bertz CT molecular complexity index is 732. The molecule has 35 heavy (non-hydrogen) atoms. The summed E-state index contributed by atoms with van der Waals surface area (Å²) in [6, 6.07) is 0. The van der Waals surface area contributed by atoms with Crippen LogP contribution in [0.5, 0.6) is 0 Å². The van der Waals surface area contributed by atoms with Gasteiger partial charge in [0.1, 0.15) is 5.78 Å². The number of rotatable bonds is 13. The van der Waals surface area contributed by atoms with Gasteiger partial charge in [0.25, 0.3) is 5.96 Å². The summed E-state index contributed by atoms with van der Waals surface area (Å²) in [4.78, 5) is 40.5. The van der Waals surface area contributed by atoms with E-state index in [1.165, 1.54) is 0 Å². The van der Waals surface area contributed by atoms with Crippen LogP contribution in [0.2, 0.25) is 0 Å². The standard InChI is InChI=1S/C23H44BN5O6/c1-15(2)13-20(24(32)33)27-21(31)17(7-6-12-26-22(25)28-29(34)35)14-19(30)16-8-10-18(11-9-16)23(3,4)5/h15-18,20,32-33H,6-14H2,1-5H3,(H,27,31)(H3,25,26,28)/t16?,17-,18?,20+/m1/s1. The molecule has 11 nitrogen and oxygen atoms in total. The normalized spacial score (nSPS) is 20.7. The molecule has 0 radical (unpaired) electrons. The van der Waals surface area contributed by atoms with E-state index in [0.29, 0.717) is 25.2 Å². The van der Waals surface area contributed by atoms with Gasteiger partial charge in [0.15, 0.2) is 5.03 Å². The predicted octanol–water partition coefficient (Wildman–Crippen LogP) is 1.83. The topological polar surface area (TPSA) is 180 Å². The fourth-order valence-corrected chi connectivity index (χ4v) is 4.75. The number of nitrogens with zero attached hydrogens (tertiary/aromatic N) is 2. The Balaban J connectivity index is 2.82. The summed E-state index contributed by atoms with van der Waals surface area (Å²) < 4.78 is 0. The highest BCUT2D eigenvalue weighted by Crippen LogP contribution is 2.40. The highest BCUT2D eigenvalue weighted by molar-refractivity contribution is 6.43. The number of amides is 1. The first-order chi connectivity index (χ1) is 16.2. The Kier molecular flexibility index (Phi) is 12.7. The van der Waals surface area contributed by atoms with Crippen molar-refractivity contribution in [3.05, 3.63) is 10.1 Å². The van der Waals surface area contributed by atoms with Gasteiger partial charge in [-0.2, -0.15) is 0 Å². The van der Waals surface area contributed by atoms with E-state index in [1.807, 2.05) is 13.8 Å². The number of nitro groups is 1. The summed E-state index contributed by atoms with van der Waals surface area (Å²) >= 11 is 0. The zero-order valence-corrected chi connectivity index (χ0v) is 21.8. The number of hydrogen-bond acceptors (Lipinski definition) is 7. The first-order valence-electron chi connectivity index (χ1n) is 12.6. The Morgan fingerprint density at radius 3 is 2.29 bits per heavy atom. The van der Waals surface area contributed by atoms with E-state index in [0.717, 1.165) is 25.7 Å². The third-order valence-electron chi connectivity index (χ3n) is 6.84. The number of Topliss-reactive ketones (excluding diaryl/α,β-unsaturated/α-hetero) is 1. The fraction of sp³-hybridized carbons (Fsp3) is 0.870. The first-order valence-corrected chi connectivity index (χ1v) is 12.6. The van der Waals surface area contributed by atoms with Crippen LogP contribution in [0.4, 0.5) is 0 Å². The Labute approximate surface area is 209 Å². The number of hydrazine groups is 1. The lowest BCUT2D eigenvalue weighted by atomic mass is 9.68. The number of carbonyl (C=O) groups is 2. The second-order valence-corrected chi connectivity index (χ2v) is 11.2. The van der Waals surface area contributed by atoms with Crippen LogP contribution < -0.4 is 16.5 Å². The van der Waals surface area contributed by atoms with Gasteiger partial charge >= 0.3 is 7.12 Å². The number of aliphatic imine (C=N–C) groups is 1. The van der Waals surface area contributed by atoms with Crippen molar-refractivity contribution in [2.24, 2.45) is 39.8 Å². The predicted molar refractivity (Wildman–Crippen MR) is 135 cm³/mol. The van der Waals surface area contributed by atoms with Crippen molar-refractivity contribution in [1.82, 2.24) is 10.7 Å². The van der Waals surface area contributed by atoms with Crippen LogP contribution in [0.15, 0.2) is 4.99 Å². The van der Waals surface area contributed by atoms with Crippen LogP contribution >= 0.6 is 0 Å². The molecule has 0 aromatic heterocycles. The van der Waals surface area contributed by atoms with Gasteiger partial charge < -0.3 is 21.1 Å². The van der Waals surface area contributed by atoms with E-state index in [1.54, 1.807) is 5.43 Å². The number of hydrogen-bond donors (Lipinski definition) is 5. The van der Waals surface area contributed by atoms with Crippen LogP contribution in [0.3, 0.4) is 0 Å². The van der Waals surface area contributed by atoms with Crippen molar-refractivity contribution in [2.45, 2.75) is 91.9 Å². The minimum atomic E-state index is -1.71. The molecule has 0 spiro atoms. The summed E-state index contributed by atoms with van der Waals surface area (Å²) in [6.45, 7) is 10.6. The molecule has 1 saturated carbocycles. The molecular weight excluding hydrogens is 453 g/mol. The van der Waals surface area contributed by atoms with Gasteiger partial charge in [-0.25, -0.2) is 15.1 Å². The molecule has 6 N–H and O–H groups in total. The summed E-state index contributed by atoms with van der Waals surface area (Å²) in [5.74, 6) is -1.53. The number of guanidine groups is 1. The minimum absolute atomic E-state index is 0.0560. The van der Waals surface area contributed by atoms with Gasteiger partial charge in [-0.1, -0.05) is 40.0 Å². The lowest BCUT2D eigenvalue weighted by Gasteiger charge is -2.36. The van der Waals surface area contributed by atoms with E-state index in [4.69, 9.17) is 5.73 Å². The highest BCUT2D eigenvalue weighted by atomic mass is 16.7. The molecule has 1 aliphatic carbocycles. The Hall–Kier alpha value is -2.21. The third-order valence-corrected chi connectivity index (χ3v) is 6.84. The van der Waals surface area contributed by atoms with Gasteiger partial charge in [0.2, 0.25) is 5.91 Å². The summed E-state index contributed by atoms with van der Waals surface area (Å²) in [7, 11) is -1.71. The van der Waals surface area contributed by atoms with Crippen molar-refractivity contribution >= 4 is 24.8 Å². The quantitative estimate of drug-likeness (QED) is 0.0638. The molecule has 1 rings (SSSR count). The number of carbonyl (C=O) groups excluding carboxylic acids is 2. The van der Waals surface area contributed by atoms with E-state index in [2.05, 4.69) is 31.1 Å². The average molecular weight is 497 g/mol. The molecule has 0 aromatic carbocycles. The fourth-order valence-electron chi connectivity index (χ4n) is 4.75. The number of nitrogens with two attached hydrogens (primary N) is 1. The molecule has 200 valence electrons. The molecule has 1 fully saturated rings. The highest BCUT2D eigenvalue weighted by Gasteiger charge is 2.35. The molecular formula is C23H44BN5O6. The van der Waals surface area contributed by atoms with Gasteiger partial charge in [0.05, 0.1) is 5.94 Å². The van der Waals surface area contributed by atoms with Crippen LogP contribution in [0.25, 0.3) is 0 Å². The van der Waals surface area contributed by atoms with Crippen molar-refractivity contribution in [2.75, 3.05) is 6.54 Å². The second-order valence-electron chi connectivity index (χ2n) is 11.2. The molecule has 12 heteroatoms. The molecule has 1 amide bonds. The van der Waals surface area contributed by atoms with Gasteiger partial charge in [-0.3, -0.25) is 9.59 Å². The molecule has 0 aromatic rings. The average Bonchev–Trinajstić information content (AvgIpc) is 2.73. The maximum absolute atomic E-state index is 13.1. The first kappa shape index (κ1) is 30.8. The van der Waals surface area contributed by atoms with Crippen molar-refractivity contribution in [3.8, 4) is 0 Å². The smallest absolute Gasteiger partial charge is 0.426 e. The van der Waals surface area contributed by atoms with Gasteiger partial charge in [-0.05, 0) is 62.2 Å². The summed E-state index contributed by atoms with van der Waals surface area (Å²) in [5.41, 5.74) is 7.39. The lowest BCUT2D eigenvalue weighted by molar-refractivity contribution is -0.525. The Morgan fingerprint density at radius 2 is 1.80 bits per heavy atom. The summed E-state index contributed by atoms with van der Waals surface area (Å²) in [6.07, 6.45) is 4.76. The van der Waals surface area contributed by atoms with Gasteiger partial charge in [-0.15, -0.1) is 0 Å². The molecule has 0 bridgehead atoms. The monoisotopic (exact) mass is 497 g/mol. The number of nitrogens with one attached hydrogen (secondary N) is 2. The van der Waals surface area contributed by atoms with Crippen LogP contribution in [0, 0.1) is 39.2 Å². The van der Waals surface area contributed by atoms with Crippen LogP contribution in [-0.4, -0.2) is 52.3 Å². The minimum Gasteiger partial charge on any atom is -0.426 e. The lowest BCUT2D eigenvalue weighted by Crippen LogP contribution is -2.49. The third kappa shape index (κ3) is 11.9. The van der Waals surface area contributed by atoms with E-state index in [-0.39, 0.29) is 42.0 Å². The Morgan fingerprint density at radius 1 is 1.20 bits per heavy atom. The van der Waals surface area contributed by atoms with E-state index < -0.39 is 29.9 Å². The molecule has 0 unspecified atom stereocenters. The van der Waals surface area contributed by atoms with E-state index in [9.17, 15) is 29.8 Å². The molecule has 0 heterocycles. The second kappa shape index (κ2) is 14.4. The van der Waals surface area contributed by atoms with Gasteiger partial charge in [0, 0.05) is 24.8 Å². The van der Waals surface area contributed by atoms with Crippen molar-refractivity contribution in [1.29, 1.82) is 0 Å². The van der Waals surface area contributed by atoms with Crippen LogP contribution in [-0.2, 0) is 9.59 Å². The molecule has 0 aliphatic heterocycles. The maximum atomic E-state index is 13.1. The molecule has 0 saturated heterocycles. The van der Waals surface area contributed by atoms with Crippen molar-refractivity contribution in [3.63, 3.8) is 0 Å².